The molecule has 0 fully saturated rings. The molecule has 1 aromatic rings. The number of fused-ring (bicyclic) bond motifs is 1. The van der Waals surface area contributed by atoms with Crippen molar-refractivity contribution < 1.29 is 9.90 Å². The van der Waals surface area contributed by atoms with Gasteiger partial charge in [-0.05, 0) is 12.5 Å². The van der Waals surface area contributed by atoms with Gasteiger partial charge in [0.25, 0.3) is 0 Å². The summed E-state index contributed by atoms with van der Waals surface area (Å²) in [5.74, 6) is 0.196. The smallest absolute Gasteiger partial charge is 0.352 e. The molecule has 2 heterocycles. The van der Waals surface area contributed by atoms with Crippen LogP contribution >= 0.6 is 11.8 Å². The van der Waals surface area contributed by atoms with Crippen LogP contribution in [-0.2, 0) is 6.42 Å². The van der Waals surface area contributed by atoms with E-state index in [1.165, 1.54) is 0 Å². The third kappa shape index (κ3) is 1.03. The Morgan fingerprint density at radius 2 is 2.55 bits per heavy atom. The van der Waals surface area contributed by atoms with Gasteiger partial charge in [0, 0.05) is 16.3 Å². The number of carboxylic acids is 1. The molecule has 0 aliphatic carbocycles. The number of rotatable bonds is 1. The standard InChI is InChI=1S/C7H7NO2S/c9-7(10)5-3-6-4(8-5)1-2-11-6/h3,8H,1-2H2,(H,9,10). The summed E-state index contributed by atoms with van der Waals surface area (Å²) in [6, 6.07) is 1.70. The maximum absolute atomic E-state index is 10.5. The van der Waals surface area contributed by atoms with Gasteiger partial charge in [-0.25, -0.2) is 4.79 Å². The van der Waals surface area contributed by atoms with Crippen molar-refractivity contribution in [2.24, 2.45) is 0 Å². The molecule has 3 nitrogen and oxygen atoms in total. The minimum atomic E-state index is -0.875. The Morgan fingerprint density at radius 1 is 1.73 bits per heavy atom. The molecule has 11 heavy (non-hydrogen) atoms. The second-order valence-corrected chi connectivity index (χ2v) is 3.57. The summed E-state index contributed by atoms with van der Waals surface area (Å²) in [6.07, 6.45) is 0.966. The molecule has 1 aliphatic rings. The van der Waals surface area contributed by atoms with Crippen LogP contribution in [0, 0.1) is 0 Å². The Morgan fingerprint density at radius 3 is 3.18 bits per heavy atom. The molecule has 0 atom stereocenters. The van der Waals surface area contributed by atoms with Crippen molar-refractivity contribution in [2.45, 2.75) is 11.3 Å². The number of carboxylic acid groups (broad SMARTS) is 1. The van der Waals surface area contributed by atoms with Gasteiger partial charge >= 0.3 is 5.97 Å². The third-order valence-corrected chi connectivity index (χ3v) is 2.78. The zero-order chi connectivity index (χ0) is 7.84. The summed E-state index contributed by atoms with van der Waals surface area (Å²) in [5, 5.41) is 8.60. The molecule has 58 valence electrons. The summed E-state index contributed by atoms with van der Waals surface area (Å²) in [7, 11) is 0. The van der Waals surface area contributed by atoms with Crippen LogP contribution in [0.5, 0.6) is 0 Å². The first kappa shape index (κ1) is 6.79. The first-order valence-corrected chi connectivity index (χ1v) is 4.34. The molecule has 0 spiro atoms. The first-order valence-electron chi connectivity index (χ1n) is 3.35. The molecular formula is C7H7NO2S. The average molecular weight is 169 g/mol. The highest BCUT2D eigenvalue weighted by Gasteiger charge is 2.17. The molecule has 2 rings (SSSR count). The maximum atomic E-state index is 10.5. The largest absolute Gasteiger partial charge is 0.477 e. The lowest BCUT2D eigenvalue weighted by Gasteiger charge is -1.87. The number of aromatic amines is 1. The van der Waals surface area contributed by atoms with Crippen molar-refractivity contribution in [1.82, 2.24) is 4.98 Å². The summed E-state index contributed by atoms with van der Waals surface area (Å²) >= 11 is 1.71. The number of aromatic carboxylic acids is 1. The lowest BCUT2D eigenvalue weighted by molar-refractivity contribution is 0.0691. The molecule has 1 aliphatic heterocycles. The molecule has 0 radical (unpaired) electrons. The monoisotopic (exact) mass is 169 g/mol. The number of aromatic nitrogens is 1. The van der Waals surface area contributed by atoms with Crippen LogP contribution in [-0.4, -0.2) is 21.8 Å². The van der Waals surface area contributed by atoms with Crippen molar-refractivity contribution >= 4 is 17.7 Å². The maximum Gasteiger partial charge on any atom is 0.352 e. The SMILES string of the molecule is O=C(O)c1cc2c([nH]1)CCS2. The molecule has 1 aromatic heterocycles. The van der Waals surface area contributed by atoms with Crippen LogP contribution in [0.1, 0.15) is 16.2 Å². The molecule has 0 aromatic carbocycles. The highest BCUT2D eigenvalue weighted by Crippen LogP contribution is 2.31. The van der Waals surface area contributed by atoms with Crippen LogP contribution in [0.3, 0.4) is 0 Å². The highest BCUT2D eigenvalue weighted by atomic mass is 32.2. The number of H-pyrrole nitrogens is 1. The normalized spacial score (nSPS) is 14.9. The minimum Gasteiger partial charge on any atom is -0.477 e. The van der Waals surface area contributed by atoms with Gasteiger partial charge in [-0.2, -0.15) is 0 Å². The zero-order valence-corrected chi connectivity index (χ0v) is 6.57. The Bertz CT molecular complexity index is 284. The molecule has 4 heteroatoms. The summed E-state index contributed by atoms with van der Waals surface area (Å²) in [4.78, 5) is 14.4. The van der Waals surface area contributed by atoms with E-state index in [1.807, 2.05) is 0 Å². The number of aryl methyl sites for hydroxylation is 1. The number of nitrogens with one attached hydrogen (secondary N) is 1. The molecule has 0 unspecified atom stereocenters. The Labute approximate surface area is 67.8 Å². The zero-order valence-electron chi connectivity index (χ0n) is 5.76. The van der Waals surface area contributed by atoms with Gasteiger partial charge in [-0.15, -0.1) is 11.8 Å². The van der Waals surface area contributed by atoms with E-state index in [9.17, 15) is 4.79 Å². The van der Waals surface area contributed by atoms with Gasteiger partial charge < -0.3 is 10.1 Å². The van der Waals surface area contributed by atoms with Crippen molar-refractivity contribution in [1.29, 1.82) is 0 Å². The van der Waals surface area contributed by atoms with E-state index in [4.69, 9.17) is 5.11 Å². The Hall–Kier alpha value is -0.900. The first-order chi connectivity index (χ1) is 5.27. The Balaban J connectivity index is 2.42. The number of hydrogen-bond acceptors (Lipinski definition) is 2. The van der Waals surface area contributed by atoms with Crippen LogP contribution in [0.15, 0.2) is 11.0 Å². The predicted molar refractivity (Wildman–Crippen MR) is 42.2 cm³/mol. The molecule has 0 amide bonds. The van der Waals surface area contributed by atoms with Crippen molar-refractivity contribution in [2.75, 3.05) is 5.75 Å². The fourth-order valence-corrected chi connectivity index (χ4v) is 2.23. The summed E-state index contributed by atoms with van der Waals surface area (Å²) in [5.41, 5.74) is 1.38. The average Bonchev–Trinajstić information content (AvgIpc) is 2.40. The van der Waals surface area contributed by atoms with Gasteiger partial charge in [0.2, 0.25) is 0 Å². The number of thioether (sulfide) groups is 1. The van der Waals surface area contributed by atoms with E-state index in [0.29, 0.717) is 5.69 Å². The van der Waals surface area contributed by atoms with Gasteiger partial charge in [0.15, 0.2) is 0 Å². The van der Waals surface area contributed by atoms with E-state index >= 15 is 0 Å². The lowest BCUT2D eigenvalue weighted by atomic mass is 10.3. The predicted octanol–water partition coefficient (Wildman–Crippen LogP) is 1.36. The van der Waals surface area contributed by atoms with Gasteiger partial charge in [0.05, 0.1) is 0 Å². The van der Waals surface area contributed by atoms with E-state index in [2.05, 4.69) is 4.98 Å². The quantitative estimate of drug-likeness (QED) is 0.667. The second kappa shape index (κ2) is 2.30. The molecule has 0 saturated heterocycles. The Kier molecular flexibility index (Phi) is 1.42. The number of carbonyl (C=O) groups is 1. The van der Waals surface area contributed by atoms with E-state index < -0.39 is 5.97 Å². The van der Waals surface area contributed by atoms with Crippen molar-refractivity contribution in [3.8, 4) is 0 Å². The summed E-state index contributed by atoms with van der Waals surface area (Å²) < 4.78 is 0. The van der Waals surface area contributed by atoms with Crippen LogP contribution < -0.4 is 0 Å². The fraction of sp³-hybridized carbons (Fsp3) is 0.286. The summed E-state index contributed by atoms with van der Waals surface area (Å²) in [6.45, 7) is 0. The molecule has 0 bridgehead atoms. The minimum absolute atomic E-state index is 0.308. The third-order valence-electron chi connectivity index (χ3n) is 1.70. The fourth-order valence-electron chi connectivity index (χ4n) is 1.17. The van der Waals surface area contributed by atoms with E-state index in [-0.39, 0.29) is 0 Å². The topological polar surface area (TPSA) is 53.1 Å². The molecule has 0 saturated carbocycles. The van der Waals surface area contributed by atoms with Crippen LogP contribution in [0.25, 0.3) is 0 Å². The van der Waals surface area contributed by atoms with Crippen molar-refractivity contribution in [3.63, 3.8) is 0 Å². The lowest BCUT2D eigenvalue weighted by Crippen LogP contribution is -1.96. The van der Waals surface area contributed by atoms with E-state index in [0.717, 1.165) is 22.8 Å². The van der Waals surface area contributed by atoms with Crippen LogP contribution in [0.2, 0.25) is 0 Å². The highest BCUT2D eigenvalue weighted by molar-refractivity contribution is 7.99. The molecular weight excluding hydrogens is 162 g/mol. The van der Waals surface area contributed by atoms with E-state index in [1.54, 1.807) is 17.8 Å². The second-order valence-electron chi connectivity index (χ2n) is 2.43. The molecule has 2 N–H and O–H groups in total. The number of hydrogen-bond donors (Lipinski definition) is 2. The van der Waals surface area contributed by atoms with Gasteiger partial charge in [-0.1, -0.05) is 0 Å². The van der Waals surface area contributed by atoms with Crippen LogP contribution in [0.4, 0.5) is 0 Å². The van der Waals surface area contributed by atoms with Crippen molar-refractivity contribution in [3.05, 3.63) is 17.5 Å². The van der Waals surface area contributed by atoms with Gasteiger partial charge in [0.1, 0.15) is 5.69 Å². The van der Waals surface area contributed by atoms with Gasteiger partial charge in [-0.3, -0.25) is 0 Å².